The molecule has 90 valence electrons. The zero-order valence-corrected chi connectivity index (χ0v) is 10.2. The molecule has 0 spiro atoms. The van der Waals surface area contributed by atoms with E-state index < -0.39 is 5.82 Å². The van der Waals surface area contributed by atoms with Gasteiger partial charge in [0.2, 0.25) is 0 Å². The van der Waals surface area contributed by atoms with Gasteiger partial charge in [0.15, 0.2) is 11.6 Å². The Morgan fingerprint density at radius 2 is 2.06 bits per heavy atom. The zero-order chi connectivity index (χ0) is 12.1. The van der Waals surface area contributed by atoms with Gasteiger partial charge in [-0.25, -0.2) is 4.39 Å². The largest absolute Gasteiger partial charge is 0.505 e. The van der Waals surface area contributed by atoms with Crippen LogP contribution in [0.4, 0.5) is 4.39 Å². The van der Waals surface area contributed by atoms with E-state index in [1.54, 1.807) is 6.07 Å². The predicted molar refractivity (Wildman–Crippen MR) is 63.9 cm³/mol. The summed E-state index contributed by atoms with van der Waals surface area (Å²) >= 11 is 0. The van der Waals surface area contributed by atoms with Gasteiger partial charge < -0.3 is 5.11 Å². The van der Waals surface area contributed by atoms with Crippen molar-refractivity contribution in [2.75, 3.05) is 6.54 Å². The molecule has 0 radical (unpaired) electrons. The molecule has 0 fully saturated rings. The van der Waals surface area contributed by atoms with Gasteiger partial charge in [0.05, 0.1) is 0 Å². The second kappa shape index (κ2) is 5.85. The van der Waals surface area contributed by atoms with Gasteiger partial charge in [0, 0.05) is 12.6 Å². The average Bonchev–Trinajstić information content (AvgIpc) is 2.22. The number of phenols is 1. The first-order chi connectivity index (χ1) is 7.54. The van der Waals surface area contributed by atoms with Gasteiger partial charge in [-0.2, -0.15) is 0 Å². The summed E-state index contributed by atoms with van der Waals surface area (Å²) in [6.45, 7) is 8.12. The van der Waals surface area contributed by atoms with Crippen molar-refractivity contribution in [3.63, 3.8) is 0 Å². The summed E-state index contributed by atoms with van der Waals surface area (Å²) < 4.78 is 13.1. The SMILES string of the molecule is CCCN(Cc1ccc(O)c(F)c1)C(C)C. The third-order valence-corrected chi connectivity index (χ3v) is 2.64. The van der Waals surface area contributed by atoms with Crippen LogP contribution in [0.5, 0.6) is 5.75 Å². The van der Waals surface area contributed by atoms with Crippen molar-refractivity contribution in [1.29, 1.82) is 0 Å². The minimum absolute atomic E-state index is 0.282. The number of aromatic hydroxyl groups is 1. The molecule has 1 rings (SSSR count). The van der Waals surface area contributed by atoms with Crippen LogP contribution in [-0.4, -0.2) is 22.6 Å². The van der Waals surface area contributed by atoms with Crippen LogP contribution in [0.25, 0.3) is 0 Å². The molecule has 0 unspecified atom stereocenters. The van der Waals surface area contributed by atoms with Crippen molar-refractivity contribution in [2.24, 2.45) is 0 Å². The Morgan fingerprint density at radius 1 is 1.38 bits per heavy atom. The van der Waals surface area contributed by atoms with Gasteiger partial charge in [-0.1, -0.05) is 13.0 Å². The van der Waals surface area contributed by atoms with E-state index >= 15 is 0 Å². The molecule has 2 nitrogen and oxygen atoms in total. The Labute approximate surface area is 96.7 Å². The third-order valence-electron chi connectivity index (χ3n) is 2.64. The lowest BCUT2D eigenvalue weighted by atomic mass is 10.1. The highest BCUT2D eigenvalue weighted by atomic mass is 19.1. The number of rotatable bonds is 5. The Balaban J connectivity index is 2.73. The van der Waals surface area contributed by atoms with Crippen molar-refractivity contribution in [3.05, 3.63) is 29.6 Å². The van der Waals surface area contributed by atoms with Gasteiger partial charge in [0.1, 0.15) is 0 Å². The van der Waals surface area contributed by atoms with Crippen LogP contribution in [0.1, 0.15) is 32.8 Å². The van der Waals surface area contributed by atoms with Crippen molar-refractivity contribution in [1.82, 2.24) is 4.90 Å². The van der Waals surface area contributed by atoms with Crippen LogP contribution in [-0.2, 0) is 6.54 Å². The summed E-state index contributed by atoms with van der Waals surface area (Å²) in [7, 11) is 0. The molecular formula is C13H20FNO. The van der Waals surface area contributed by atoms with Crippen LogP contribution in [0.2, 0.25) is 0 Å². The van der Waals surface area contributed by atoms with Crippen molar-refractivity contribution < 1.29 is 9.50 Å². The lowest BCUT2D eigenvalue weighted by molar-refractivity contribution is 0.213. The zero-order valence-electron chi connectivity index (χ0n) is 10.2. The van der Waals surface area contributed by atoms with E-state index in [9.17, 15) is 4.39 Å². The molecule has 0 aliphatic carbocycles. The first-order valence-electron chi connectivity index (χ1n) is 5.76. The Kier molecular flexibility index (Phi) is 4.74. The smallest absolute Gasteiger partial charge is 0.165 e. The van der Waals surface area contributed by atoms with Gasteiger partial charge in [-0.15, -0.1) is 0 Å². The minimum Gasteiger partial charge on any atom is -0.505 e. The molecule has 1 aromatic carbocycles. The molecule has 0 saturated carbocycles. The molecule has 16 heavy (non-hydrogen) atoms. The van der Waals surface area contributed by atoms with Crippen molar-refractivity contribution >= 4 is 0 Å². The second-order valence-electron chi connectivity index (χ2n) is 4.35. The maximum absolute atomic E-state index is 13.1. The van der Waals surface area contributed by atoms with Crippen LogP contribution in [0.15, 0.2) is 18.2 Å². The van der Waals surface area contributed by atoms with Crippen LogP contribution < -0.4 is 0 Å². The lowest BCUT2D eigenvalue weighted by Gasteiger charge is -2.26. The molecule has 0 atom stereocenters. The van der Waals surface area contributed by atoms with E-state index in [1.165, 1.54) is 12.1 Å². The Bertz CT molecular complexity index is 339. The van der Waals surface area contributed by atoms with Gasteiger partial charge in [-0.05, 0) is 44.5 Å². The van der Waals surface area contributed by atoms with E-state index in [-0.39, 0.29) is 5.75 Å². The first-order valence-corrected chi connectivity index (χ1v) is 5.76. The monoisotopic (exact) mass is 225 g/mol. The molecule has 0 aliphatic rings. The maximum atomic E-state index is 13.1. The van der Waals surface area contributed by atoms with Gasteiger partial charge >= 0.3 is 0 Å². The first kappa shape index (κ1) is 13.0. The molecule has 0 saturated heterocycles. The van der Waals surface area contributed by atoms with E-state index in [0.29, 0.717) is 6.04 Å². The summed E-state index contributed by atoms with van der Waals surface area (Å²) in [5.41, 5.74) is 0.900. The lowest BCUT2D eigenvalue weighted by Crippen LogP contribution is -2.31. The molecule has 1 aromatic rings. The van der Waals surface area contributed by atoms with E-state index in [2.05, 4.69) is 25.7 Å². The molecule has 0 aromatic heterocycles. The molecule has 3 heteroatoms. The molecule has 1 N–H and O–H groups in total. The predicted octanol–water partition coefficient (Wildman–Crippen LogP) is 3.15. The Hall–Kier alpha value is -1.09. The number of hydrogen-bond acceptors (Lipinski definition) is 2. The minimum atomic E-state index is -0.544. The summed E-state index contributed by atoms with van der Waals surface area (Å²) in [4.78, 5) is 2.28. The number of benzene rings is 1. The Morgan fingerprint density at radius 3 is 2.56 bits per heavy atom. The van der Waals surface area contributed by atoms with Crippen LogP contribution >= 0.6 is 0 Å². The average molecular weight is 225 g/mol. The number of hydrogen-bond donors (Lipinski definition) is 1. The topological polar surface area (TPSA) is 23.5 Å². The number of halogens is 1. The maximum Gasteiger partial charge on any atom is 0.165 e. The van der Waals surface area contributed by atoms with E-state index in [1.807, 2.05) is 0 Å². The highest BCUT2D eigenvalue weighted by molar-refractivity contribution is 5.27. The summed E-state index contributed by atoms with van der Waals surface area (Å²) in [6, 6.07) is 5.02. The van der Waals surface area contributed by atoms with Gasteiger partial charge in [-0.3, -0.25) is 4.90 Å². The fourth-order valence-electron chi connectivity index (χ4n) is 1.69. The van der Waals surface area contributed by atoms with Crippen LogP contribution in [0, 0.1) is 5.82 Å². The molecule has 0 aliphatic heterocycles. The molecular weight excluding hydrogens is 205 g/mol. The quantitative estimate of drug-likeness (QED) is 0.832. The van der Waals surface area contributed by atoms with Gasteiger partial charge in [0.25, 0.3) is 0 Å². The number of phenolic OH excluding ortho intramolecular Hbond substituents is 1. The summed E-state index contributed by atoms with van der Waals surface area (Å²) in [5.74, 6) is -0.826. The molecule has 0 amide bonds. The fraction of sp³-hybridized carbons (Fsp3) is 0.538. The van der Waals surface area contributed by atoms with Crippen LogP contribution in [0.3, 0.4) is 0 Å². The highest BCUT2D eigenvalue weighted by Gasteiger charge is 2.10. The summed E-state index contributed by atoms with van der Waals surface area (Å²) in [6.07, 6.45) is 1.08. The fourth-order valence-corrected chi connectivity index (χ4v) is 1.69. The standard InChI is InChI=1S/C13H20FNO/c1-4-7-15(10(2)3)9-11-5-6-13(16)12(14)8-11/h5-6,8,10,16H,4,7,9H2,1-3H3. The normalized spacial score (nSPS) is 11.4. The molecule has 0 heterocycles. The van der Waals surface area contributed by atoms with E-state index in [4.69, 9.17) is 5.11 Å². The van der Waals surface area contributed by atoms with Crippen molar-refractivity contribution in [2.45, 2.75) is 39.8 Å². The third kappa shape index (κ3) is 3.49. The highest BCUT2D eigenvalue weighted by Crippen LogP contribution is 2.18. The second-order valence-corrected chi connectivity index (χ2v) is 4.35. The van der Waals surface area contributed by atoms with E-state index in [0.717, 1.165) is 25.1 Å². The number of nitrogens with zero attached hydrogens (tertiary/aromatic N) is 1. The van der Waals surface area contributed by atoms with Crippen molar-refractivity contribution in [3.8, 4) is 5.75 Å². The summed E-state index contributed by atoms with van der Waals surface area (Å²) in [5, 5.41) is 9.10. The molecule has 0 bridgehead atoms.